The Morgan fingerprint density at radius 3 is 0.882 bits per heavy atom. The number of aliphatic hydroxyl groups excluding tert-OH is 1. The highest BCUT2D eigenvalue weighted by atomic mass is 31.2. The second kappa shape index (κ2) is 74.0. The second-order valence-corrected chi connectivity index (χ2v) is 28.1. The number of unbranched alkanes of at least 4 members (excludes halogenated alkanes) is 19. The Morgan fingerprint density at radius 2 is 0.549 bits per heavy atom. The summed E-state index contributed by atoms with van der Waals surface area (Å²) in [6, 6.07) is 0. The molecule has 0 aliphatic rings. The molecule has 0 spiro atoms. The van der Waals surface area contributed by atoms with E-state index in [2.05, 4.69) is 167 Å². The highest BCUT2D eigenvalue weighted by Gasteiger charge is 2.30. The Balaban J connectivity index is 5.46. The first-order valence-electron chi connectivity index (χ1n) is 38.7. The third-order valence-corrected chi connectivity index (χ3v) is 17.4. The van der Waals surface area contributed by atoms with E-state index in [1.165, 1.54) is 19.3 Å². The molecule has 0 amide bonds. The number of aliphatic hydroxyl groups is 1. The number of rotatable bonds is 71. The van der Waals surface area contributed by atoms with E-state index in [-0.39, 0.29) is 25.7 Å². The molecular formula is C83H136O17P2. The van der Waals surface area contributed by atoms with Gasteiger partial charge in [0.25, 0.3) is 0 Å². The predicted octanol–water partition coefficient (Wildman–Crippen LogP) is 22.4. The van der Waals surface area contributed by atoms with Crippen molar-refractivity contribution in [3.63, 3.8) is 0 Å². The first kappa shape index (κ1) is 96.7. The first-order chi connectivity index (χ1) is 49.7. The third kappa shape index (κ3) is 73.0. The summed E-state index contributed by atoms with van der Waals surface area (Å²) >= 11 is 0. The Bertz CT molecular complexity index is 2550. The van der Waals surface area contributed by atoms with Crippen LogP contribution in [0.4, 0.5) is 0 Å². The fourth-order valence-corrected chi connectivity index (χ4v) is 11.2. The molecular weight excluding hydrogens is 1330 g/mol. The fraction of sp³-hybridized carbons (Fsp3) is 0.639. The van der Waals surface area contributed by atoms with Crippen LogP contribution in [0, 0.1) is 0 Å². The largest absolute Gasteiger partial charge is 0.472 e. The molecule has 580 valence electrons. The van der Waals surface area contributed by atoms with Crippen LogP contribution in [0.1, 0.15) is 285 Å². The number of esters is 4. The van der Waals surface area contributed by atoms with Crippen LogP contribution in [0.25, 0.3) is 0 Å². The molecule has 0 bridgehead atoms. The van der Waals surface area contributed by atoms with E-state index >= 15 is 0 Å². The van der Waals surface area contributed by atoms with Crippen molar-refractivity contribution in [2.24, 2.45) is 0 Å². The maximum absolute atomic E-state index is 13.1. The molecule has 0 saturated carbocycles. The van der Waals surface area contributed by atoms with Crippen LogP contribution >= 0.6 is 15.6 Å². The van der Waals surface area contributed by atoms with Crippen molar-refractivity contribution in [2.45, 2.75) is 303 Å². The van der Waals surface area contributed by atoms with Crippen LogP contribution in [-0.2, 0) is 65.4 Å². The smallest absolute Gasteiger partial charge is 0.462 e. The summed E-state index contributed by atoms with van der Waals surface area (Å²) in [5, 5.41) is 10.6. The lowest BCUT2D eigenvalue weighted by atomic mass is 10.1. The van der Waals surface area contributed by atoms with Crippen molar-refractivity contribution in [1.82, 2.24) is 0 Å². The standard InChI is InChI=1S/C83H136O17P2/c1-5-9-13-17-21-25-29-33-36-37-38-39-42-45-48-52-56-60-64-68-81(86)94-74-79(100-83(88)70-66-62-58-54-50-46-41-35-31-27-23-19-15-11-7-3)76-98-102(91,92)96-72-77(84)71-95-101(89,90)97-75-78(99-82(87)69-65-61-57-53-49-43-32-28-24-20-16-12-8-4)73-93-80(85)67-63-59-55-51-47-44-40-34-30-26-22-18-14-10-6-2/h9-10,13-14,16,20-23,25-28,32-36,38-41,45,48,56,60,77-79,84H,5-8,11-12,15,17-19,24,29-31,37,42-44,46-47,49-55,57-59,61-76H2,1-4H3,(H,89,90)(H,91,92)/b13-9-,14-10-,20-16-,25-21-,26-22-,27-23-,32-28-,36-33-,39-38-,40-34-,41-35-,48-45-,60-56-. The van der Waals surface area contributed by atoms with Gasteiger partial charge in [-0.2, -0.15) is 0 Å². The Kier molecular flexibility index (Phi) is 70.1. The number of hydrogen-bond acceptors (Lipinski definition) is 15. The Hall–Kier alpha value is -5.32. The van der Waals surface area contributed by atoms with Gasteiger partial charge in [0, 0.05) is 25.7 Å². The van der Waals surface area contributed by atoms with Crippen molar-refractivity contribution in [1.29, 1.82) is 0 Å². The lowest BCUT2D eigenvalue weighted by Crippen LogP contribution is -2.30. The number of phosphoric ester groups is 2. The molecule has 102 heavy (non-hydrogen) atoms. The topological polar surface area (TPSA) is 237 Å². The Labute approximate surface area is 617 Å². The van der Waals surface area contributed by atoms with Crippen LogP contribution < -0.4 is 0 Å². The number of allylic oxidation sites excluding steroid dienone is 26. The van der Waals surface area contributed by atoms with Gasteiger partial charge in [0.05, 0.1) is 26.4 Å². The molecule has 0 heterocycles. The molecule has 17 nitrogen and oxygen atoms in total. The fourth-order valence-electron chi connectivity index (χ4n) is 9.62. The Morgan fingerprint density at radius 1 is 0.284 bits per heavy atom. The van der Waals surface area contributed by atoms with E-state index in [9.17, 15) is 43.2 Å². The minimum Gasteiger partial charge on any atom is -0.462 e. The van der Waals surface area contributed by atoms with Gasteiger partial charge in [0.1, 0.15) is 19.3 Å². The molecule has 0 aliphatic carbocycles. The maximum atomic E-state index is 13.1. The van der Waals surface area contributed by atoms with Gasteiger partial charge in [0.2, 0.25) is 0 Å². The molecule has 0 fully saturated rings. The van der Waals surface area contributed by atoms with Gasteiger partial charge in [-0.25, -0.2) is 9.13 Å². The summed E-state index contributed by atoms with van der Waals surface area (Å²) < 4.78 is 68.4. The molecule has 0 aromatic heterocycles. The average Bonchev–Trinajstić information content (AvgIpc) is 0.924. The summed E-state index contributed by atoms with van der Waals surface area (Å²) in [4.78, 5) is 72.9. The van der Waals surface area contributed by atoms with Gasteiger partial charge in [-0.05, 0) is 154 Å². The van der Waals surface area contributed by atoms with Gasteiger partial charge in [-0.1, -0.05) is 263 Å². The normalized spacial score (nSPS) is 14.8. The molecule has 3 N–H and O–H groups in total. The van der Waals surface area contributed by atoms with Crippen LogP contribution in [-0.4, -0.2) is 96.7 Å². The molecule has 0 aromatic carbocycles. The van der Waals surface area contributed by atoms with Crippen LogP contribution in [0.3, 0.4) is 0 Å². The maximum Gasteiger partial charge on any atom is 0.472 e. The molecule has 19 heteroatoms. The van der Waals surface area contributed by atoms with Crippen molar-refractivity contribution in [3.8, 4) is 0 Å². The molecule has 0 rings (SSSR count). The summed E-state index contributed by atoms with van der Waals surface area (Å²) in [6.07, 6.45) is 85.3. The van der Waals surface area contributed by atoms with E-state index in [1.807, 2.05) is 18.2 Å². The number of phosphoric acid groups is 2. The minimum absolute atomic E-state index is 0.0279. The molecule has 0 aliphatic heterocycles. The van der Waals surface area contributed by atoms with E-state index in [0.717, 1.165) is 180 Å². The average molecular weight is 1470 g/mol. The van der Waals surface area contributed by atoms with Crippen molar-refractivity contribution in [2.75, 3.05) is 39.6 Å². The predicted molar refractivity (Wildman–Crippen MR) is 417 cm³/mol. The molecule has 5 atom stereocenters. The summed E-state index contributed by atoms with van der Waals surface area (Å²) in [5.74, 6) is -2.33. The van der Waals surface area contributed by atoms with Gasteiger partial charge in [-0.15, -0.1) is 0 Å². The lowest BCUT2D eigenvalue weighted by molar-refractivity contribution is -0.161. The van der Waals surface area contributed by atoms with E-state index < -0.39 is 97.5 Å². The van der Waals surface area contributed by atoms with Crippen molar-refractivity contribution < 1.29 is 80.2 Å². The van der Waals surface area contributed by atoms with Gasteiger partial charge in [-0.3, -0.25) is 37.3 Å². The zero-order valence-electron chi connectivity index (χ0n) is 63.2. The highest BCUT2D eigenvalue weighted by molar-refractivity contribution is 7.47. The summed E-state index contributed by atoms with van der Waals surface area (Å²) in [7, 11) is -10.00. The van der Waals surface area contributed by atoms with Crippen molar-refractivity contribution >= 4 is 39.5 Å². The number of hydrogen-bond donors (Lipinski definition) is 3. The van der Waals surface area contributed by atoms with Crippen molar-refractivity contribution in [3.05, 3.63) is 158 Å². The number of carbonyl (C=O) groups excluding carboxylic acids is 4. The van der Waals surface area contributed by atoms with Crippen LogP contribution in [0.5, 0.6) is 0 Å². The first-order valence-corrected chi connectivity index (χ1v) is 41.7. The highest BCUT2D eigenvalue weighted by Crippen LogP contribution is 2.45. The quantitative estimate of drug-likeness (QED) is 0.0169. The van der Waals surface area contributed by atoms with Gasteiger partial charge >= 0.3 is 39.5 Å². The molecule has 0 radical (unpaired) electrons. The van der Waals surface area contributed by atoms with Gasteiger partial charge < -0.3 is 33.8 Å². The third-order valence-electron chi connectivity index (χ3n) is 15.5. The number of carbonyl (C=O) groups is 4. The number of ether oxygens (including phenoxy) is 4. The molecule has 5 unspecified atom stereocenters. The van der Waals surface area contributed by atoms with E-state index in [0.29, 0.717) is 32.1 Å². The minimum atomic E-state index is -5.00. The zero-order valence-corrected chi connectivity index (χ0v) is 65.0. The SMILES string of the molecule is CC/C=C\C/C=C\C/C=C\C/C=C\C/C=C\C/C=C\CCC(=O)OCC(COP(=O)(O)OCC(O)COP(=O)(O)OCC(COC(=O)CCCCCCC/C=C\C/C=C\C/C=C\CC)OC(=O)CCCCCCC/C=C\C/C=C\CCC)OC(=O)CCCCCCC/C=C\C/C=C\CCCCC. The summed E-state index contributed by atoms with van der Waals surface area (Å²) in [5.41, 5.74) is 0. The van der Waals surface area contributed by atoms with Gasteiger partial charge in [0.15, 0.2) is 12.2 Å². The van der Waals surface area contributed by atoms with Crippen LogP contribution in [0.2, 0.25) is 0 Å². The molecule has 0 saturated heterocycles. The van der Waals surface area contributed by atoms with Crippen LogP contribution in [0.15, 0.2) is 158 Å². The van der Waals surface area contributed by atoms with E-state index in [1.54, 1.807) is 0 Å². The summed E-state index contributed by atoms with van der Waals surface area (Å²) in [6.45, 7) is 4.40. The van der Waals surface area contributed by atoms with E-state index in [4.69, 9.17) is 37.0 Å². The zero-order chi connectivity index (χ0) is 74.6. The molecule has 0 aromatic rings. The second-order valence-electron chi connectivity index (χ2n) is 25.2. The lowest BCUT2D eigenvalue weighted by Gasteiger charge is -2.21. The monoisotopic (exact) mass is 1470 g/mol.